The predicted octanol–water partition coefficient (Wildman–Crippen LogP) is 1.87. The van der Waals surface area contributed by atoms with Gasteiger partial charge in [0.05, 0.1) is 18.4 Å². The van der Waals surface area contributed by atoms with Crippen molar-refractivity contribution in [2.75, 3.05) is 37.5 Å². The fourth-order valence-electron chi connectivity index (χ4n) is 2.09. The van der Waals surface area contributed by atoms with Crippen LogP contribution in [0, 0.1) is 0 Å². The first-order chi connectivity index (χ1) is 9.58. The van der Waals surface area contributed by atoms with Crippen molar-refractivity contribution < 1.29 is 0 Å². The third-order valence-electron chi connectivity index (χ3n) is 3.26. The number of nitrogens with one attached hydrogen (secondary N) is 1. The Morgan fingerprint density at radius 1 is 1.60 bits per heavy atom. The van der Waals surface area contributed by atoms with Crippen LogP contribution in [0.1, 0.15) is 12.8 Å². The molecule has 0 radical (unpaired) electrons. The molecule has 1 fully saturated rings. The summed E-state index contributed by atoms with van der Waals surface area (Å²) >= 11 is 5.37. The Balaban J connectivity index is 2.07. The largest absolute Gasteiger partial charge is 0.379 e. The van der Waals surface area contributed by atoms with Crippen molar-refractivity contribution >= 4 is 33.4 Å². The van der Waals surface area contributed by atoms with Gasteiger partial charge in [-0.15, -0.1) is 0 Å². The van der Waals surface area contributed by atoms with Crippen LogP contribution in [-0.4, -0.2) is 52.9 Å². The van der Waals surface area contributed by atoms with Gasteiger partial charge in [0, 0.05) is 18.3 Å². The number of halogens is 1. The third-order valence-corrected chi connectivity index (χ3v) is 5.25. The smallest absolute Gasteiger partial charge is 0.283 e. The third kappa shape index (κ3) is 4.23. The highest BCUT2D eigenvalue weighted by molar-refractivity contribution is 9.10. The van der Waals surface area contributed by atoms with E-state index in [-0.39, 0.29) is 5.56 Å². The van der Waals surface area contributed by atoms with E-state index in [0.717, 1.165) is 24.4 Å². The Hall–Kier alpha value is -0.530. The first-order valence-electron chi connectivity index (χ1n) is 6.82. The zero-order valence-electron chi connectivity index (χ0n) is 11.9. The standard InChI is InChI=1S/C13H21BrN4OS/c1-17(2)5-6-18-13(19)12(14)11(8-15-18)16-10-4-3-7-20-9-10/h8,10,16H,3-7,9H2,1-2H3. The summed E-state index contributed by atoms with van der Waals surface area (Å²) in [5.74, 6) is 2.33. The maximum Gasteiger partial charge on any atom is 0.283 e. The summed E-state index contributed by atoms with van der Waals surface area (Å²) in [6, 6.07) is 0.434. The summed E-state index contributed by atoms with van der Waals surface area (Å²) in [5.41, 5.74) is 0.740. The SMILES string of the molecule is CN(C)CCn1ncc(NC2CCCSC2)c(Br)c1=O. The van der Waals surface area contributed by atoms with E-state index in [4.69, 9.17) is 0 Å². The van der Waals surface area contributed by atoms with Crippen molar-refractivity contribution in [2.24, 2.45) is 0 Å². The Bertz CT molecular complexity index is 500. The van der Waals surface area contributed by atoms with Crippen molar-refractivity contribution in [3.05, 3.63) is 21.0 Å². The Morgan fingerprint density at radius 2 is 2.40 bits per heavy atom. The van der Waals surface area contributed by atoms with Crippen molar-refractivity contribution in [3.8, 4) is 0 Å². The van der Waals surface area contributed by atoms with E-state index < -0.39 is 0 Å². The second-order valence-electron chi connectivity index (χ2n) is 5.26. The lowest BCUT2D eigenvalue weighted by Crippen LogP contribution is -2.31. The molecular weight excluding hydrogens is 340 g/mol. The van der Waals surface area contributed by atoms with E-state index in [1.54, 1.807) is 6.20 Å². The number of likely N-dealkylation sites (N-methyl/N-ethyl adjacent to an activating group) is 1. The van der Waals surface area contributed by atoms with Gasteiger partial charge in [0.15, 0.2) is 0 Å². The van der Waals surface area contributed by atoms with Gasteiger partial charge in [0.2, 0.25) is 0 Å². The zero-order valence-corrected chi connectivity index (χ0v) is 14.3. The molecule has 1 aliphatic rings. The van der Waals surface area contributed by atoms with E-state index in [1.165, 1.54) is 16.9 Å². The molecule has 1 saturated heterocycles. The molecule has 0 spiro atoms. The molecule has 0 aromatic carbocycles. The normalized spacial score (nSPS) is 19.3. The molecule has 112 valence electrons. The van der Waals surface area contributed by atoms with Gasteiger partial charge in [-0.2, -0.15) is 16.9 Å². The number of hydrogen-bond donors (Lipinski definition) is 1. The Labute approximate surface area is 132 Å². The minimum absolute atomic E-state index is 0.0692. The topological polar surface area (TPSA) is 50.2 Å². The molecule has 1 atom stereocenters. The van der Waals surface area contributed by atoms with Crippen LogP contribution in [0.15, 0.2) is 15.5 Å². The van der Waals surface area contributed by atoms with Crippen molar-refractivity contribution in [3.63, 3.8) is 0 Å². The van der Waals surface area contributed by atoms with Crippen molar-refractivity contribution in [2.45, 2.75) is 25.4 Å². The quantitative estimate of drug-likeness (QED) is 0.868. The van der Waals surface area contributed by atoms with Crippen LogP contribution in [0.2, 0.25) is 0 Å². The van der Waals surface area contributed by atoms with E-state index in [0.29, 0.717) is 17.1 Å². The molecule has 20 heavy (non-hydrogen) atoms. The van der Waals surface area contributed by atoms with Crippen LogP contribution in [0.4, 0.5) is 5.69 Å². The van der Waals surface area contributed by atoms with Crippen LogP contribution in [0.5, 0.6) is 0 Å². The lowest BCUT2D eigenvalue weighted by molar-refractivity contribution is 0.367. The maximum absolute atomic E-state index is 12.2. The van der Waals surface area contributed by atoms with Gasteiger partial charge in [-0.1, -0.05) is 0 Å². The van der Waals surface area contributed by atoms with Crippen LogP contribution < -0.4 is 10.9 Å². The number of rotatable bonds is 5. The Morgan fingerprint density at radius 3 is 3.05 bits per heavy atom. The lowest BCUT2D eigenvalue weighted by atomic mass is 10.2. The van der Waals surface area contributed by atoms with E-state index in [9.17, 15) is 4.79 Å². The summed E-state index contributed by atoms with van der Waals surface area (Å²) in [6.45, 7) is 1.40. The first-order valence-corrected chi connectivity index (χ1v) is 8.77. The second kappa shape index (κ2) is 7.47. The van der Waals surface area contributed by atoms with Crippen molar-refractivity contribution in [1.29, 1.82) is 0 Å². The van der Waals surface area contributed by atoms with Gasteiger partial charge >= 0.3 is 0 Å². The highest BCUT2D eigenvalue weighted by Crippen LogP contribution is 2.23. The first kappa shape index (κ1) is 15.9. The molecule has 0 amide bonds. The molecule has 0 aliphatic carbocycles. The van der Waals surface area contributed by atoms with Gasteiger partial charge in [-0.3, -0.25) is 4.79 Å². The van der Waals surface area contributed by atoms with Crippen LogP contribution >= 0.6 is 27.7 Å². The number of nitrogens with zero attached hydrogens (tertiary/aromatic N) is 3. The Kier molecular flexibility index (Phi) is 5.92. The average Bonchev–Trinajstić information content (AvgIpc) is 2.44. The van der Waals surface area contributed by atoms with Gasteiger partial charge in [-0.25, -0.2) is 4.68 Å². The molecule has 1 N–H and O–H groups in total. The van der Waals surface area contributed by atoms with Crippen LogP contribution in [0.3, 0.4) is 0 Å². The van der Waals surface area contributed by atoms with Crippen LogP contribution in [0.25, 0.3) is 0 Å². The van der Waals surface area contributed by atoms with Gasteiger partial charge in [-0.05, 0) is 48.6 Å². The summed E-state index contributed by atoms with van der Waals surface area (Å²) in [4.78, 5) is 14.3. The number of hydrogen-bond acceptors (Lipinski definition) is 5. The van der Waals surface area contributed by atoms with Gasteiger partial charge < -0.3 is 10.2 Å². The number of thioether (sulfide) groups is 1. The molecule has 1 aromatic rings. The molecule has 5 nitrogen and oxygen atoms in total. The highest BCUT2D eigenvalue weighted by atomic mass is 79.9. The molecule has 2 rings (SSSR count). The van der Waals surface area contributed by atoms with Crippen molar-refractivity contribution in [1.82, 2.24) is 14.7 Å². The number of aromatic nitrogens is 2. The van der Waals surface area contributed by atoms with E-state index >= 15 is 0 Å². The zero-order chi connectivity index (χ0) is 14.5. The van der Waals surface area contributed by atoms with Gasteiger partial charge in [0.1, 0.15) is 4.47 Å². The molecule has 0 saturated carbocycles. The van der Waals surface area contributed by atoms with E-state index in [1.807, 2.05) is 30.8 Å². The minimum Gasteiger partial charge on any atom is -0.379 e. The highest BCUT2D eigenvalue weighted by Gasteiger charge is 2.16. The molecule has 1 aromatic heterocycles. The molecular formula is C13H21BrN4OS. The fraction of sp³-hybridized carbons (Fsp3) is 0.692. The minimum atomic E-state index is -0.0692. The second-order valence-corrected chi connectivity index (χ2v) is 7.21. The molecule has 0 bridgehead atoms. The molecule has 7 heteroatoms. The molecule has 2 heterocycles. The number of anilines is 1. The predicted molar refractivity (Wildman–Crippen MR) is 88.7 cm³/mol. The van der Waals surface area contributed by atoms with Crippen LogP contribution in [-0.2, 0) is 6.54 Å². The van der Waals surface area contributed by atoms with E-state index in [2.05, 4.69) is 26.3 Å². The molecule has 1 unspecified atom stereocenters. The average molecular weight is 361 g/mol. The summed E-state index contributed by atoms with van der Waals surface area (Å²) < 4.78 is 2.09. The summed E-state index contributed by atoms with van der Waals surface area (Å²) in [7, 11) is 3.97. The lowest BCUT2D eigenvalue weighted by Gasteiger charge is -2.24. The summed E-state index contributed by atoms with van der Waals surface area (Å²) in [6.07, 6.45) is 4.14. The fourth-order valence-corrected chi connectivity index (χ4v) is 3.59. The monoisotopic (exact) mass is 360 g/mol. The maximum atomic E-state index is 12.2. The summed E-state index contributed by atoms with van der Waals surface area (Å²) in [5, 5.41) is 7.68. The molecule has 1 aliphatic heterocycles. The van der Waals surface area contributed by atoms with Gasteiger partial charge in [0.25, 0.3) is 5.56 Å².